The SMILES string of the molecule is CCCCCCCCCc1nc(C(N)COC(C)C)no1. The summed E-state index contributed by atoms with van der Waals surface area (Å²) in [5.74, 6) is 1.24. The normalized spacial score (nSPS) is 13.0. The predicted molar refractivity (Wildman–Crippen MR) is 84.0 cm³/mol. The Kier molecular flexibility index (Phi) is 9.26. The number of rotatable bonds is 12. The Morgan fingerprint density at radius 3 is 2.43 bits per heavy atom. The van der Waals surface area contributed by atoms with Crippen molar-refractivity contribution in [2.24, 2.45) is 5.73 Å². The van der Waals surface area contributed by atoms with E-state index in [4.69, 9.17) is 15.0 Å². The number of nitrogens with zero attached hydrogens (tertiary/aromatic N) is 2. The maximum absolute atomic E-state index is 5.97. The fraction of sp³-hybridized carbons (Fsp3) is 0.875. The quantitative estimate of drug-likeness (QED) is 0.594. The van der Waals surface area contributed by atoms with Gasteiger partial charge >= 0.3 is 0 Å². The third-order valence-electron chi connectivity index (χ3n) is 3.42. The second-order valence-electron chi connectivity index (χ2n) is 5.91. The Morgan fingerprint density at radius 2 is 1.76 bits per heavy atom. The van der Waals surface area contributed by atoms with Crippen molar-refractivity contribution in [1.29, 1.82) is 0 Å². The van der Waals surface area contributed by atoms with Crippen molar-refractivity contribution in [2.75, 3.05) is 6.61 Å². The molecule has 0 aromatic carbocycles. The molecule has 0 aliphatic carbocycles. The van der Waals surface area contributed by atoms with E-state index >= 15 is 0 Å². The molecule has 0 saturated carbocycles. The van der Waals surface area contributed by atoms with Gasteiger partial charge in [0.05, 0.1) is 18.8 Å². The molecular formula is C16H31N3O2. The van der Waals surface area contributed by atoms with E-state index < -0.39 is 0 Å². The highest BCUT2D eigenvalue weighted by atomic mass is 16.5. The lowest BCUT2D eigenvalue weighted by Gasteiger charge is -2.10. The van der Waals surface area contributed by atoms with E-state index in [1.54, 1.807) is 0 Å². The van der Waals surface area contributed by atoms with Crippen molar-refractivity contribution >= 4 is 0 Å². The third kappa shape index (κ3) is 8.17. The van der Waals surface area contributed by atoms with Crippen LogP contribution in [0.25, 0.3) is 0 Å². The van der Waals surface area contributed by atoms with Crippen LogP contribution in [0.1, 0.15) is 83.5 Å². The summed E-state index contributed by atoms with van der Waals surface area (Å²) in [6.45, 7) is 6.63. The summed E-state index contributed by atoms with van der Waals surface area (Å²) in [7, 11) is 0. The summed E-state index contributed by atoms with van der Waals surface area (Å²) >= 11 is 0. The summed E-state index contributed by atoms with van der Waals surface area (Å²) in [6, 6.07) is -0.307. The summed E-state index contributed by atoms with van der Waals surface area (Å²) in [6.07, 6.45) is 9.97. The van der Waals surface area contributed by atoms with Crippen molar-refractivity contribution < 1.29 is 9.26 Å². The monoisotopic (exact) mass is 297 g/mol. The van der Waals surface area contributed by atoms with E-state index in [0.717, 1.165) is 12.8 Å². The van der Waals surface area contributed by atoms with Gasteiger partial charge in [0.2, 0.25) is 5.89 Å². The average Bonchev–Trinajstić information content (AvgIpc) is 2.92. The van der Waals surface area contributed by atoms with Crippen molar-refractivity contribution in [3.63, 3.8) is 0 Å². The van der Waals surface area contributed by atoms with E-state index in [1.807, 2.05) is 13.8 Å². The van der Waals surface area contributed by atoms with Crippen LogP contribution in [0.4, 0.5) is 0 Å². The molecule has 5 nitrogen and oxygen atoms in total. The average molecular weight is 297 g/mol. The molecule has 1 aromatic heterocycles. The maximum Gasteiger partial charge on any atom is 0.226 e. The first-order valence-corrected chi connectivity index (χ1v) is 8.33. The summed E-state index contributed by atoms with van der Waals surface area (Å²) in [5.41, 5.74) is 5.97. The van der Waals surface area contributed by atoms with E-state index in [9.17, 15) is 0 Å². The molecule has 21 heavy (non-hydrogen) atoms. The molecule has 2 N–H and O–H groups in total. The van der Waals surface area contributed by atoms with Crippen LogP contribution in [0, 0.1) is 0 Å². The molecule has 1 rings (SSSR count). The molecule has 1 heterocycles. The maximum atomic E-state index is 5.97. The van der Waals surface area contributed by atoms with Gasteiger partial charge in [0.1, 0.15) is 0 Å². The molecule has 0 aliphatic rings. The predicted octanol–water partition coefficient (Wildman–Crippen LogP) is 3.79. The van der Waals surface area contributed by atoms with Gasteiger partial charge in [-0.1, -0.05) is 50.6 Å². The lowest BCUT2D eigenvalue weighted by molar-refractivity contribution is 0.0665. The molecule has 0 amide bonds. The molecular weight excluding hydrogens is 266 g/mol. The molecule has 122 valence electrons. The van der Waals surface area contributed by atoms with E-state index in [2.05, 4.69) is 17.1 Å². The first-order valence-electron chi connectivity index (χ1n) is 8.33. The summed E-state index contributed by atoms with van der Waals surface area (Å²) < 4.78 is 10.7. The van der Waals surface area contributed by atoms with Crippen LogP contribution in [0.3, 0.4) is 0 Å². The zero-order chi connectivity index (χ0) is 15.5. The molecule has 5 heteroatoms. The fourth-order valence-electron chi connectivity index (χ4n) is 2.12. The van der Waals surface area contributed by atoms with Gasteiger partial charge in [-0.05, 0) is 20.3 Å². The number of hydrogen-bond donors (Lipinski definition) is 1. The van der Waals surface area contributed by atoms with Crippen LogP contribution in [0.5, 0.6) is 0 Å². The van der Waals surface area contributed by atoms with Crippen molar-refractivity contribution in [2.45, 2.75) is 84.3 Å². The number of aryl methyl sites for hydroxylation is 1. The van der Waals surface area contributed by atoms with Gasteiger partial charge in [0.15, 0.2) is 5.82 Å². The Hall–Kier alpha value is -0.940. The highest BCUT2D eigenvalue weighted by Gasteiger charge is 2.14. The molecule has 1 aromatic rings. The number of unbranched alkanes of at least 4 members (excludes halogenated alkanes) is 6. The van der Waals surface area contributed by atoms with Gasteiger partial charge in [-0.25, -0.2) is 0 Å². The largest absolute Gasteiger partial charge is 0.377 e. The zero-order valence-corrected chi connectivity index (χ0v) is 13.8. The van der Waals surface area contributed by atoms with E-state index in [1.165, 1.54) is 38.5 Å². The number of nitrogens with two attached hydrogens (primary N) is 1. The van der Waals surface area contributed by atoms with Crippen LogP contribution in [0.15, 0.2) is 4.52 Å². The summed E-state index contributed by atoms with van der Waals surface area (Å²) in [5, 5.41) is 3.94. The summed E-state index contributed by atoms with van der Waals surface area (Å²) in [4.78, 5) is 4.35. The second kappa shape index (κ2) is 10.7. The van der Waals surface area contributed by atoms with Crippen LogP contribution in [-0.4, -0.2) is 22.9 Å². The smallest absolute Gasteiger partial charge is 0.226 e. The Morgan fingerprint density at radius 1 is 1.10 bits per heavy atom. The van der Waals surface area contributed by atoms with Crippen molar-refractivity contribution in [1.82, 2.24) is 10.1 Å². The molecule has 1 unspecified atom stereocenters. The molecule has 0 bridgehead atoms. The van der Waals surface area contributed by atoms with Gasteiger partial charge in [-0.2, -0.15) is 4.98 Å². The number of ether oxygens (including phenoxy) is 1. The van der Waals surface area contributed by atoms with Gasteiger partial charge < -0.3 is 15.0 Å². The highest BCUT2D eigenvalue weighted by Crippen LogP contribution is 2.12. The molecule has 0 aliphatic heterocycles. The zero-order valence-electron chi connectivity index (χ0n) is 13.8. The topological polar surface area (TPSA) is 74.2 Å². The fourth-order valence-corrected chi connectivity index (χ4v) is 2.12. The lowest BCUT2D eigenvalue weighted by Crippen LogP contribution is -2.20. The molecule has 0 spiro atoms. The minimum Gasteiger partial charge on any atom is -0.377 e. The van der Waals surface area contributed by atoms with E-state index in [0.29, 0.717) is 18.3 Å². The van der Waals surface area contributed by atoms with Crippen molar-refractivity contribution in [3.8, 4) is 0 Å². The van der Waals surface area contributed by atoms with Gasteiger partial charge in [-0.3, -0.25) is 0 Å². The van der Waals surface area contributed by atoms with Gasteiger partial charge in [0, 0.05) is 6.42 Å². The highest BCUT2D eigenvalue weighted by molar-refractivity contribution is 4.93. The number of hydrogen-bond acceptors (Lipinski definition) is 5. The van der Waals surface area contributed by atoms with E-state index in [-0.39, 0.29) is 12.1 Å². The Labute approximate surface area is 128 Å². The minimum absolute atomic E-state index is 0.162. The van der Waals surface area contributed by atoms with Gasteiger partial charge in [-0.15, -0.1) is 0 Å². The second-order valence-corrected chi connectivity index (χ2v) is 5.91. The lowest BCUT2D eigenvalue weighted by atomic mass is 10.1. The molecule has 1 atom stereocenters. The Balaban J connectivity index is 2.16. The number of aromatic nitrogens is 2. The van der Waals surface area contributed by atoms with Crippen molar-refractivity contribution in [3.05, 3.63) is 11.7 Å². The first kappa shape index (κ1) is 18.1. The van der Waals surface area contributed by atoms with Crippen LogP contribution < -0.4 is 5.73 Å². The van der Waals surface area contributed by atoms with Crippen LogP contribution in [-0.2, 0) is 11.2 Å². The minimum atomic E-state index is -0.307. The first-order chi connectivity index (χ1) is 10.1. The van der Waals surface area contributed by atoms with Crippen LogP contribution >= 0.6 is 0 Å². The molecule has 0 fully saturated rings. The van der Waals surface area contributed by atoms with Crippen LogP contribution in [0.2, 0.25) is 0 Å². The van der Waals surface area contributed by atoms with Gasteiger partial charge in [0.25, 0.3) is 0 Å². The Bertz CT molecular complexity index is 366. The molecule has 0 saturated heterocycles. The third-order valence-corrected chi connectivity index (χ3v) is 3.42. The molecule has 0 radical (unpaired) electrons. The standard InChI is InChI=1S/C16H31N3O2/c1-4-5-6-7-8-9-10-11-15-18-16(19-21-15)14(17)12-20-13(2)3/h13-14H,4-12,17H2,1-3H3.